The number of carbonyl (C=O) groups excluding carboxylic acids is 2. The number of nitrogens with one attached hydrogen (secondary N) is 1. The summed E-state index contributed by atoms with van der Waals surface area (Å²) in [6.07, 6.45) is 1.81. The van der Waals surface area contributed by atoms with E-state index in [0.29, 0.717) is 24.5 Å². The van der Waals surface area contributed by atoms with Crippen molar-refractivity contribution >= 4 is 23.4 Å². The zero-order valence-corrected chi connectivity index (χ0v) is 16.9. The molecule has 0 aliphatic rings. The number of furan rings is 1. The minimum atomic E-state index is -0.725. The van der Waals surface area contributed by atoms with Crippen LogP contribution in [0, 0.1) is 0 Å². The SMILES string of the molecule is CCN(Cc1ccccc1Cl)C(=O)C(Cc1ccccc1)NC(=O)c1ccco1. The van der Waals surface area contributed by atoms with E-state index >= 15 is 0 Å². The Hall–Kier alpha value is -3.05. The van der Waals surface area contributed by atoms with Crippen LogP contribution < -0.4 is 5.32 Å². The lowest BCUT2D eigenvalue weighted by atomic mass is 10.0. The molecule has 0 bridgehead atoms. The highest BCUT2D eigenvalue weighted by molar-refractivity contribution is 6.31. The van der Waals surface area contributed by atoms with Crippen LogP contribution in [0.15, 0.2) is 77.4 Å². The number of carbonyl (C=O) groups is 2. The van der Waals surface area contributed by atoms with Gasteiger partial charge in [-0.1, -0.05) is 60.1 Å². The third kappa shape index (κ3) is 5.48. The molecule has 0 aliphatic carbocycles. The van der Waals surface area contributed by atoms with E-state index in [1.165, 1.54) is 6.26 Å². The van der Waals surface area contributed by atoms with Gasteiger partial charge in [-0.25, -0.2) is 0 Å². The molecule has 0 saturated carbocycles. The monoisotopic (exact) mass is 410 g/mol. The lowest BCUT2D eigenvalue weighted by molar-refractivity contribution is -0.133. The number of amides is 2. The van der Waals surface area contributed by atoms with Crippen LogP contribution in [-0.4, -0.2) is 29.3 Å². The van der Waals surface area contributed by atoms with Gasteiger partial charge in [-0.3, -0.25) is 9.59 Å². The molecule has 29 heavy (non-hydrogen) atoms. The largest absolute Gasteiger partial charge is 0.459 e. The maximum absolute atomic E-state index is 13.3. The second-order valence-corrected chi connectivity index (χ2v) is 7.04. The smallest absolute Gasteiger partial charge is 0.287 e. The maximum Gasteiger partial charge on any atom is 0.287 e. The first-order valence-electron chi connectivity index (χ1n) is 9.49. The van der Waals surface area contributed by atoms with Crippen LogP contribution in [-0.2, 0) is 17.8 Å². The molecule has 5 nitrogen and oxygen atoms in total. The summed E-state index contributed by atoms with van der Waals surface area (Å²) >= 11 is 6.27. The minimum absolute atomic E-state index is 0.170. The van der Waals surface area contributed by atoms with Crippen molar-refractivity contribution in [3.8, 4) is 0 Å². The summed E-state index contributed by atoms with van der Waals surface area (Å²) in [5, 5.41) is 3.44. The zero-order valence-electron chi connectivity index (χ0n) is 16.2. The van der Waals surface area contributed by atoms with Crippen molar-refractivity contribution in [3.05, 3.63) is 94.9 Å². The highest BCUT2D eigenvalue weighted by atomic mass is 35.5. The van der Waals surface area contributed by atoms with Crippen molar-refractivity contribution in [3.63, 3.8) is 0 Å². The van der Waals surface area contributed by atoms with E-state index in [0.717, 1.165) is 11.1 Å². The molecule has 0 spiro atoms. The molecule has 1 unspecified atom stereocenters. The fourth-order valence-electron chi connectivity index (χ4n) is 3.09. The topological polar surface area (TPSA) is 62.6 Å². The lowest BCUT2D eigenvalue weighted by Gasteiger charge is -2.27. The fraction of sp³-hybridized carbons (Fsp3) is 0.217. The number of benzene rings is 2. The van der Waals surface area contributed by atoms with E-state index in [1.54, 1.807) is 23.1 Å². The van der Waals surface area contributed by atoms with Gasteiger partial charge in [0.25, 0.3) is 5.91 Å². The van der Waals surface area contributed by atoms with E-state index in [1.807, 2.05) is 55.5 Å². The van der Waals surface area contributed by atoms with Crippen molar-refractivity contribution in [1.82, 2.24) is 10.2 Å². The molecule has 1 heterocycles. The fourth-order valence-corrected chi connectivity index (χ4v) is 3.28. The predicted molar refractivity (Wildman–Crippen MR) is 113 cm³/mol. The predicted octanol–water partition coefficient (Wildman–Crippen LogP) is 4.32. The van der Waals surface area contributed by atoms with Gasteiger partial charge in [0, 0.05) is 24.5 Å². The Morgan fingerprint density at radius 3 is 2.41 bits per heavy atom. The van der Waals surface area contributed by atoms with Gasteiger partial charge in [0.1, 0.15) is 6.04 Å². The van der Waals surface area contributed by atoms with Crippen molar-refractivity contribution in [2.75, 3.05) is 6.54 Å². The van der Waals surface area contributed by atoms with Crippen molar-refractivity contribution in [2.45, 2.75) is 25.9 Å². The maximum atomic E-state index is 13.3. The van der Waals surface area contributed by atoms with Crippen LogP contribution in [0.3, 0.4) is 0 Å². The van der Waals surface area contributed by atoms with Gasteiger partial charge in [0.15, 0.2) is 5.76 Å². The zero-order chi connectivity index (χ0) is 20.6. The molecule has 1 N–H and O–H groups in total. The van der Waals surface area contributed by atoms with E-state index in [9.17, 15) is 9.59 Å². The van der Waals surface area contributed by atoms with E-state index < -0.39 is 11.9 Å². The molecular formula is C23H23ClN2O3. The molecule has 0 fully saturated rings. The number of nitrogens with zero attached hydrogens (tertiary/aromatic N) is 1. The summed E-state index contributed by atoms with van der Waals surface area (Å²) in [7, 11) is 0. The van der Waals surface area contributed by atoms with Crippen LogP contribution in [0.2, 0.25) is 5.02 Å². The molecule has 1 aromatic heterocycles. The third-order valence-electron chi connectivity index (χ3n) is 4.64. The molecule has 0 radical (unpaired) electrons. The summed E-state index contributed by atoms with van der Waals surface area (Å²) in [5.74, 6) is -0.417. The Morgan fingerprint density at radius 2 is 1.76 bits per heavy atom. The number of halogens is 1. The van der Waals surface area contributed by atoms with Crippen molar-refractivity contribution < 1.29 is 14.0 Å². The quantitative estimate of drug-likeness (QED) is 0.601. The first-order valence-corrected chi connectivity index (χ1v) is 9.86. The molecule has 1 atom stereocenters. The summed E-state index contributed by atoms with van der Waals surface area (Å²) in [6, 6.07) is 19.5. The average Bonchev–Trinajstić information content (AvgIpc) is 3.28. The molecule has 3 aromatic rings. The summed E-state index contributed by atoms with van der Waals surface area (Å²) in [5.41, 5.74) is 1.82. The molecular weight excluding hydrogens is 388 g/mol. The molecule has 3 rings (SSSR count). The van der Waals surface area contributed by atoms with Crippen LogP contribution in [0.1, 0.15) is 28.6 Å². The van der Waals surface area contributed by atoms with Gasteiger partial charge >= 0.3 is 0 Å². The van der Waals surface area contributed by atoms with E-state index in [-0.39, 0.29) is 11.7 Å². The Morgan fingerprint density at radius 1 is 1.03 bits per heavy atom. The van der Waals surface area contributed by atoms with Gasteiger partial charge in [-0.15, -0.1) is 0 Å². The molecule has 0 aliphatic heterocycles. The Bertz CT molecular complexity index is 942. The summed E-state index contributed by atoms with van der Waals surface area (Å²) in [6.45, 7) is 2.77. The number of rotatable bonds is 8. The molecule has 2 aromatic carbocycles. The van der Waals surface area contributed by atoms with Crippen LogP contribution in [0.4, 0.5) is 0 Å². The average molecular weight is 411 g/mol. The van der Waals surface area contributed by atoms with Crippen molar-refractivity contribution in [1.29, 1.82) is 0 Å². The Balaban J connectivity index is 1.81. The second-order valence-electron chi connectivity index (χ2n) is 6.64. The van der Waals surface area contributed by atoms with Crippen LogP contribution in [0.5, 0.6) is 0 Å². The molecule has 2 amide bonds. The first kappa shape index (κ1) is 20.7. The molecule has 0 saturated heterocycles. The number of hydrogen-bond donors (Lipinski definition) is 1. The Kier molecular flexibility index (Phi) is 7.09. The van der Waals surface area contributed by atoms with E-state index in [2.05, 4.69) is 5.32 Å². The van der Waals surface area contributed by atoms with Gasteiger partial charge in [-0.05, 0) is 36.2 Å². The lowest BCUT2D eigenvalue weighted by Crippen LogP contribution is -2.49. The standard InChI is InChI=1S/C23H23ClN2O3/c1-2-26(16-18-11-6-7-12-19(18)24)23(28)20(15-17-9-4-3-5-10-17)25-22(27)21-13-8-14-29-21/h3-14,20H,2,15-16H2,1H3,(H,25,27). The van der Waals surface area contributed by atoms with Crippen LogP contribution in [0.25, 0.3) is 0 Å². The van der Waals surface area contributed by atoms with Gasteiger partial charge in [-0.2, -0.15) is 0 Å². The van der Waals surface area contributed by atoms with E-state index in [4.69, 9.17) is 16.0 Å². The van der Waals surface area contributed by atoms with Gasteiger partial charge in [0.2, 0.25) is 5.91 Å². The molecule has 6 heteroatoms. The van der Waals surface area contributed by atoms with Crippen LogP contribution >= 0.6 is 11.6 Å². The highest BCUT2D eigenvalue weighted by Gasteiger charge is 2.27. The second kappa shape index (κ2) is 9.94. The normalized spacial score (nSPS) is 11.7. The minimum Gasteiger partial charge on any atom is -0.459 e. The molecule has 150 valence electrons. The van der Waals surface area contributed by atoms with Crippen molar-refractivity contribution in [2.24, 2.45) is 0 Å². The summed E-state index contributed by atoms with van der Waals surface area (Å²) in [4.78, 5) is 27.6. The van der Waals surface area contributed by atoms with Gasteiger partial charge in [0.05, 0.1) is 6.26 Å². The number of likely N-dealkylation sites (N-methyl/N-ethyl adjacent to an activating group) is 1. The number of hydrogen-bond acceptors (Lipinski definition) is 3. The van der Waals surface area contributed by atoms with Gasteiger partial charge < -0.3 is 14.6 Å². The Labute approximate surface area is 175 Å². The summed E-state index contributed by atoms with van der Waals surface area (Å²) < 4.78 is 5.17. The first-order chi connectivity index (χ1) is 14.1. The highest BCUT2D eigenvalue weighted by Crippen LogP contribution is 2.18. The third-order valence-corrected chi connectivity index (χ3v) is 5.01.